The van der Waals surface area contributed by atoms with Gasteiger partial charge in [-0.15, -0.1) is 11.3 Å². The molecule has 5 heteroatoms. The van der Waals surface area contributed by atoms with Crippen molar-refractivity contribution in [2.24, 2.45) is 0 Å². The molecule has 1 aromatic carbocycles. The van der Waals surface area contributed by atoms with Crippen molar-refractivity contribution in [1.82, 2.24) is 10.2 Å². The zero-order valence-electron chi connectivity index (χ0n) is 13.7. The summed E-state index contributed by atoms with van der Waals surface area (Å²) in [6.45, 7) is 2.79. The van der Waals surface area contributed by atoms with Crippen LogP contribution in [0.1, 0.15) is 28.8 Å². The van der Waals surface area contributed by atoms with Crippen molar-refractivity contribution in [3.8, 4) is 0 Å². The highest BCUT2D eigenvalue weighted by molar-refractivity contribution is 7.10. The van der Waals surface area contributed by atoms with Crippen molar-refractivity contribution in [3.63, 3.8) is 0 Å². The van der Waals surface area contributed by atoms with E-state index in [1.807, 2.05) is 46.6 Å². The molecule has 1 atom stereocenters. The first-order valence-electron chi connectivity index (χ1n) is 8.54. The summed E-state index contributed by atoms with van der Waals surface area (Å²) >= 11 is 1.84. The van der Waals surface area contributed by atoms with Crippen LogP contribution in [0.3, 0.4) is 0 Å². The Kier molecular flexibility index (Phi) is 4.29. The van der Waals surface area contributed by atoms with Gasteiger partial charge in [0.15, 0.2) is 0 Å². The molecule has 1 fully saturated rings. The van der Waals surface area contributed by atoms with Gasteiger partial charge in [-0.2, -0.15) is 0 Å². The van der Waals surface area contributed by atoms with E-state index in [0.717, 1.165) is 37.9 Å². The van der Waals surface area contributed by atoms with Crippen LogP contribution in [0, 0.1) is 0 Å². The molecule has 24 heavy (non-hydrogen) atoms. The number of thiophene rings is 1. The highest BCUT2D eigenvalue weighted by Gasteiger charge is 2.42. The predicted octanol–water partition coefficient (Wildman–Crippen LogP) is 3.52. The molecule has 0 bridgehead atoms. The first-order chi connectivity index (χ1) is 11.8. The minimum atomic E-state index is -0.206. The van der Waals surface area contributed by atoms with Gasteiger partial charge in [0.2, 0.25) is 0 Å². The molecule has 0 radical (unpaired) electrons. The summed E-state index contributed by atoms with van der Waals surface area (Å²) in [5, 5.41) is 5.87. The maximum Gasteiger partial charge on any atom is 0.410 e. The number of hydrogen-bond donors (Lipinski definition) is 1. The molecule has 1 spiro atoms. The van der Waals surface area contributed by atoms with Gasteiger partial charge in [-0.3, -0.25) is 0 Å². The summed E-state index contributed by atoms with van der Waals surface area (Å²) in [7, 11) is 0. The van der Waals surface area contributed by atoms with Gasteiger partial charge in [-0.05, 0) is 41.8 Å². The van der Waals surface area contributed by atoms with Crippen LogP contribution in [-0.2, 0) is 23.3 Å². The van der Waals surface area contributed by atoms with E-state index in [9.17, 15) is 4.79 Å². The Hall–Kier alpha value is -1.85. The molecule has 1 amide bonds. The summed E-state index contributed by atoms with van der Waals surface area (Å²) < 4.78 is 5.53. The number of hydrogen-bond acceptors (Lipinski definition) is 4. The van der Waals surface area contributed by atoms with Gasteiger partial charge < -0.3 is 15.0 Å². The van der Waals surface area contributed by atoms with Gasteiger partial charge in [-0.25, -0.2) is 4.79 Å². The molecule has 2 aliphatic heterocycles. The Morgan fingerprint density at radius 3 is 3.04 bits per heavy atom. The number of piperidine rings is 1. The summed E-state index contributed by atoms with van der Waals surface area (Å²) in [5.74, 6) is 0. The maximum atomic E-state index is 12.5. The van der Waals surface area contributed by atoms with Gasteiger partial charge >= 0.3 is 6.09 Å². The zero-order valence-corrected chi connectivity index (χ0v) is 14.5. The molecular formula is C19H22N2O2S. The van der Waals surface area contributed by atoms with E-state index in [1.54, 1.807) is 0 Å². The molecule has 2 aromatic rings. The van der Waals surface area contributed by atoms with Crippen LogP contribution in [0.4, 0.5) is 4.79 Å². The van der Waals surface area contributed by atoms with E-state index in [0.29, 0.717) is 13.2 Å². The van der Waals surface area contributed by atoms with Crippen molar-refractivity contribution < 1.29 is 9.53 Å². The van der Waals surface area contributed by atoms with Crippen LogP contribution in [0.2, 0.25) is 0 Å². The second kappa shape index (κ2) is 6.57. The highest BCUT2D eigenvalue weighted by Crippen LogP contribution is 2.38. The van der Waals surface area contributed by atoms with E-state index in [1.165, 1.54) is 10.4 Å². The molecule has 0 saturated carbocycles. The number of rotatable bonds is 2. The lowest BCUT2D eigenvalue weighted by molar-refractivity contribution is 0.0632. The largest absolute Gasteiger partial charge is 0.445 e. The summed E-state index contributed by atoms with van der Waals surface area (Å²) in [5.41, 5.74) is 2.32. The Morgan fingerprint density at radius 1 is 1.29 bits per heavy atom. The smallest absolute Gasteiger partial charge is 0.410 e. The quantitative estimate of drug-likeness (QED) is 0.908. The maximum absolute atomic E-state index is 12.5. The molecule has 0 aliphatic carbocycles. The highest BCUT2D eigenvalue weighted by atomic mass is 32.1. The average Bonchev–Trinajstić information content (AvgIpc) is 3.11. The van der Waals surface area contributed by atoms with Gasteiger partial charge in [0.1, 0.15) is 6.61 Å². The van der Waals surface area contributed by atoms with Crippen LogP contribution < -0.4 is 5.32 Å². The third-order valence-corrected chi connectivity index (χ3v) is 6.01. The minimum Gasteiger partial charge on any atom is -0.445 e. The Balaban J connectivity index is 1.45. The Bertz CT molecular complexity index is 715. The molecule has 2 aliphatic rings. The normalized spacial score (nSPS) is 23.1. The number of nitrogens with one attached hydrogen (secondary N) is 1. The first kappa shape index (κ1) is 15.7. The number of fused-ring (bicyclic) bond motifs is 2. The van der Waals surface area contributed by atoms with E-state index in [-0.39, 0.29) is 11.6 Å². The molecule has 3 heterocycles. The van der Waals surface area contributed by atoms with Gasteiger partial charge in [0.05, 0.1) is 5.54 Å². The topological polar surface area (TPSA) is 41.6 Å². The van der Waals surface area contributed by atoms with E-state index >= 15 is 0 Å². The minimum absolute atomic E-state index is 0.0857. The fraction of sp³-hybridized carbons (Fsp3) is 0.421. The first-order valence-corrected chi connectivity index (χ1v) is 9.42. The summed E-state index contributed by atoms with van der Waals surface area (Å²) in [6.07, 6.45) is 2.97. The SMILES string of the molecule is O=C(OCc1ccccc1)N1CCCC2(C1)NCCc1sccc12. The van der Waals surface area contributed by atoms with Crippen LogP contribution in [0.5, 0.6) is 0 Å². The van der Waals surface area contributed by atoms with Crippen molar-refractivity contribution in [1.29, 1.82) is 0 Å². The molecule has 1 N–H and O–H groups in total. The Labute approximate surface area is 146 Å². The summed E-state index contributed by atoms with van der Waals surface area (Å²) in [4.78, 5) is 15.9. The molecule has 4 nitrogen and oxygen atoms in total. The number of carbonyl (C=O) groups is 1. The monoisotopic (exact) mass is 342 g/mol. The van der Waals surface area contributed by atoms with Crippen molar-refractivity contribution in [3.05, 3.63) is 57.8 Å². The van der Waals surface area contributed by atoms with Gasteiger partial charge in [0.25, 0.3) is 0 Å². The van der Waals surface area contributed by atoms with E-state index in [2.05, 4.69) is 16.8 Å². The number of ether oxygens (including phenoxy) is 1. The van der Waals surface area contributed by atoms with Crippen molar-refractivity contribution in [2.75, 3.05) is 19.6 Å². The van der Waals surface area contributed by atoms with Crippen LogP contribution in [-0.4, -0.2) is 30.6 Å². The van der Waals surface area contributed by atoms with Crippen molar-refractivity contribution in [2.45, 2.75) is 31.4 Å². The second-order valence-electron chi connectivity index (χ2n) is 6.58. The number of carbonyl (C=O) groups excluding carboxylic acids is 1. The Morgan fingerprint density at radius 2 is 2.17 bits per heavy atom. The molecule has 1 saturated heterocycles. The van der Waals surface area contributed by atoms with Crippen LogP contribution >= 0.6 is 11.3 Å². The fourth-order valence-electron chi connectivity index (χ4n) is 3.86. The lowest BCUT2D eigenvalue weighted by atomic mass is 9.80. The predicted molar refractivity (Wildman–Crippen MR) is 95.1 cm³/mol. The van der Waals surface area contributed by atoms with E-state index in [4.69, 9.17) is 4.74 Å². The lowest BCUT2D eigenvalue weighted by Gasteiger charge is -2.45. The van der Waals surface area contributed by atoms with E-state index < -0.39 is 0 Å². The third-order valence-electron chi connectivity index (χ3n) is 5.03. The third kappa shape index (κ3) is 2.94. The van der Waals surface area contributed by atoms with Gasteiger partial charge in [-0.1, -0.05) is 30.3 Å². The van der Waals surface area contributed by atoms with Crippen molar-refractivity contribution >= 4 is 17.4 Å². The molecule has 1 unspecified atom stereocenters. The number of amides is 1. The number of benzene rings is 1. The zero-order chi connectivity index (χ0) is 16.4. The molecule has 126 valence electrons. The fourth-order valence-corrected chi connectivity index (χ4v) is 4.84. The average molecular weight is 342 g/mol. The summed E-state index contributed by atoms with van der Waals surface area (Å²) in [6, 6.07) is 12.1. The lowest BCUT2D eigenvalue weighted by Crippen LogP contribution is -2.58. The molecule has 4 rings (SSSR count). The number of likely N-dealkylation sites (tertiary alicyclic amines) is 1. The van der Waals surface area contributed by atoms with Crippen LogP contribution in [0.15, 0.2) is 41.8 Å². The second-order valence-corrected chi connectivity index (χ2v) is 7.58. The molecular weight excluding hydrogens is 320 g/mol. The van der Waals surface area contributed by atoms with Crippen LogP contribution in [0.25, 0.3) is 0 Å². The van der Waals surface area contributed by atoms with Gasteiger partial charge in [0, 0.05) is 24.5 Å². The molecule has 1 aromatic heterocycles. The standard InChI is InChI=1S/C19H22N2O2S/c22-18(23-13-15-5-2-1-3-6-15)21-11-4-9-19(14-21)16-8-12-24-17(16)7-10-20-19/h1-3,5-6,8,12,20H,4,7,9-11,13-14H2. The number of nitrogens with zero attached hydrogens (tertiary/aromatic N) is 1.